The second-order valence-corrected chi connectivity index (χ2v) is 7.01. The molecule has 0 bridgehead atoms. The zero-order chi connectivity index (χ0) is 19.5. The van der Waals surface area contributed by atoms with Gasteiger partial charge in [0.15, 0.2) is 5.96 Å². The number of rotatable bonds is 9. The molecule has 1 atom stereocenters. The molecule has 0 aliphatic rings. The van der Waals surface area contributed by atoms with E-state index in [1.54, 1.807) is 6.20 Å². The van der Waals surface area contributed by atoms with E-state index >= 15 is 0 Å². The maximum absolute atomic E-state index is 5.76. The number of halogens is 1. The first-order valence-electron chi connectivity index (χ1n) is 9.75. The minimum atomic E-state index is 0. The molecule has 0 saturated carbocycles. The fraction of sp³-hybridized carbons (Fsp3) is 0.455. The molecule has 6 heteroatoms. The van der Waals surface area contributed by atoms with Gasteiger partial charge in [0.1, 0.15) is 5.75 Å². The Kier molecular flexibility index (Phi) is 11.6. The smallest absolute Gasteiger partial charge is 0.191 e. The van der Waals surface area contributed by atoms with Crippen molar-refractivity contribution in [3.05, 3.63) is 59.9 Å². The number of guanidine groups is 1. The third-order valence-corrected chi connectivity index (χ3v) is 4.05. The van der Waals surface area contributed by atoms with Crippen LogP contribution < -0.4 is 15.4 Å². The van der Waals surface area contributed by atoms with Crippen LogP contribution in [0, 0.1) is 5.92 Å². The van der Waals surface area contributed by atoms with Crippen LogP contribution in [-0.4, -0.2) is 30.6 Å². The van der Waals surface area contributed by atoms with E-state index in [0.717, 1.165) is 37.8 Å². The molecule has 0 amide bonds. The van der Waals surface area contributed by atoms with Crippen LogP contribution in [0.5, 0.6) is 5.75 Å². The van der Waals surface area contributed by atoms with Gasteiger partial charge in [-0.2, -0.15) is 0 Å². The van der Waals surface area contributed by atoms with Crippen LogP contribution in [0.3, 0.4) is 0 Å². The van der Waals surface area contributed by atoms with Crippen molar-refractivity contribution in [1.82, 2.24) is 15.6 Å². The highest BCUT2D eigenvalue weighted by molar-refractivity contribution is 14.0. The molecule has 5 nitrogen and oxygen atoms in total. The summed E-state index contributed by atoms with van der Waals surface area (Å²) in [5, 5.41) is 6.78. The van der Waals surface area contributed by atoms with E-state index in [0.29, 0.717) is 5.92 Å². The van der Waals surface area contributed by atoms with Gasteiger partial charge in [-0.15, -0.1) is 24.0 Å². The molecule has 0 radical (unpaired) electrons. The van der Waals surface area contributed by atoms with Crippen molar-refractivity contribution >= 4 is 29.9 Å². The van der Waals surface area contributed by atoms with Crippen molar-refractivity contribution < 1.29 is 4.74 Å². The number of aromatic nitrogens is 1. The first kappa shape index (κ1) is 24.2. The van der Waals surface area contributed by atoms with E-state index in [2.05, 4.69) is 66.5 Å². The summed E-state index contributed by atoms with van der Waals surface area (Å²) in [4.78, 5) is 8.83. The molecule has 154 valence electrons. The van der Waals surface area contributed by atoms with Crippen molar-refractivity contribution in [2.45, 2.75) is 40.2 Å². The number of nitrogens with one attached hydrogen (secondary N) is 2. The second-order valence-electron chi connectivity index (χ2n) is 7.01. The number of hydrogen-bond donors (Lipinski definition) is 2. The summed E-state index contributed by atoms with van der Waals surface area (Å²) in [6.45, 7) is 10.8. The maximum Gasteiger partial charge on any atom is 0.191 e. The SMILES string of the molecule is CCNC(=NCCc1cccnc1)NC(C)c1ccc(OCC(C)C)cc1.I. The van der Waals surface area contributed by atoms with Gasteiger partial charge >= 0.3 is 0 Å². The van der Waals surface area contributed by atoms with E-state index in [4.69, 9.17) is 4.74 Å². The lowest BCUT2D eigenvalue weighted by Crippen LogP contribution is -2.38. The topological polar surface area (TPSA) is 58.5 Å². The maximum atomic E-state index is 5.76. The summed E-state index contributed by atoms with van der Waals surface area (Å²) in [5.74, 6) is 2.27. The predicted octanol–water partition coefficient (Wildman–Crippen LogP) is 4.59. The molecule has 1 aromatic carbocycles. The molecule has 28 heavy (non-hydrogen) atoms. The van der Waals surface area contributed by atoms with Crippen molar-refractivity contribution in [1.29, 1.82) is 0 Å². The standard InChI is InChI=1S/C22H32N4O.HI/c1-5-24-22(25-14-12-19-7-6-13-23-15-19)26-18(4)20-8-10-21(11-9-20)27-16-17(2)3;/h6-11,13,15,17-18H,5,12,14,16H2,1-4H3,(H2,24,25,26);1H. The Labute approximate surface area is 186 Å². The lowest BCUT2D eigenvalue weighted by atomic mass is 10.1. The Morgan fingerprint density at radius 3 is 2.50 bits per heavy atom. The Bertz CT molecular complexity index is 689. The number of benzene rings is 1. The van der Waals surface area contributed by atoms with Crippen LogP contribution in [0.1, 0.15) is 44.9 Å². The highest BCUT2D eigenvalue weighted by Crippen LogP contribution is 2.18. The van der Waals surface area contributed by atoms with Crippen LogP contribution in [0.2, 0.25) is 0 Å². The Morgan fingerprint density at radius 2 is 1.89 bits per heavy atom. The molecule has 2 rings (SSSR count). The summed E-state index contributed by atoms with van der Waals surface area (Å²) < 4.78 is 5.76. The summed E-state index contributed by atoms with van der Waals surface area (Å²) in [7, 11) is 0. The van der Waals surface area contributed by atoms with Crippen LogP contribution in [0.25, 0.3) is 0 Å². The predicted molar refractivity (Wildman–Crippen MR) is 128 cm³/mol. The molecule has 0 aliphatic carbocycles. The Morgan fingerprint density at radius 1 is 1.14 bits per heavy atom. The van der Waals surface area contributed by atoms with E-state index in [9.17, 15) is 0 Å². The lowest BCUT2D eigenvalue weighted by Gasteiger charge is -2.18. The molecule has 1 heterocycles. The van der Waals surface area contributed by atoms with Gasteiger partial charge in [0, 0.05) is 25.5 Å². The molecular formula is C22H33IN4O. The van der Waals surface area contributed by atoms with Crippen molar-refractivity contribution in [3.63, 3.8) is 0 Å². The lowest BCUT2D eigenvalue weighted by molar-refractivity contribution is 0.271. The third kappa shape index (κ3) is 8.91. The normalized spacial score (nSPS) is 12.2. The number of nitrogens with zero attached hydrogens (tertiary/aromatic N) is 2. The van der Waals surface area contributed by atoms with Gasteiger partial charge in [0.25, 0.3) is 0 Å². The van der Waals surface area contributed by atoms with Gasteiger partial charge in [-0.1, -0.05) is 32.0 Å². The van der Waals surface area contributed by atoms with Crippen molar-refractivity contribution in [2.24, 2.45) is 10.9 Å². The number of ether oxygens (including phenoxy) is 1. The van der Waals surface area contributed by atoms with E-state index in [-0.39, 0.29) is 30.0 Å². The summed E-state index contributed by atoms with van der Waals surface area (Å²) in [6, 6.07) is 12.5. The van der Waals surface area contributed by atoms with Gasteiger partial charge in [0.2, 0.25) is 0 Å². The molecule has 2 N–H and O–H groups in total. The number of pyridine rings is 1. The molecule has 0 aliphatic heterocycles. The van der Waals surface area contributed by atoms with Gasteiger partial charge in [0.05, 0.1) is 12.6 Å². The summed E-state index contributed by atoms with van der Waals surface area (Å²) >= 11 is 0. The molecule has 1 aromatic heterocycles. The zero-order valence-electron chi connectivity index (χ0n) is 17.3. The monoisotopic (exact) mass is 496 g/mol. The van der Waals surface area contributed by atoms with Gasteiger partial charge < -0.3 is 15.4 Å². The quantitative estimate of drug-likeness (QED) is 0.303. The number of aliphatic imine (C=N–C) groups is 1. The average Bonchev–Trinajstić information content (AvgIpc) is 2.67. The minimum absolute atomic E-state index is 0. The van der Waals surface area contributed by atoms with Crippen LogP contribution in [0.15, 0.2) is 53.8 Å². The van der Waals surface area contributed by atoms with Gasteiger partial charge in [-0.25, -0.2) is 0 Å². The van der Waals surface area contributed by atoms with Crippen molar-refractivity contribution in [2.75, 3.05) is 19.7 Å². The largest absolute Gasteiger partial charge is 0.493 e. The van der Waals surface area contributed by atoms with E-state index in [1.165, 1.54) is 11.1 Å². The van der Waals surface area contributed by atoms with Crippen LogP contribution in [-0.2, 0) is 6.42 Å². The number of hydrogen-bond acceptors (Lipinski definition) is 3. The minimum Gasteiger partial charge on any atom is -0.493 e. The van der Waals surface area contributed by atoms with E-state index in [1.807, 2.05) is 24.4 Å². The fourth-order valence-corrected chi connectivity index (χ4v) is 2.57. The highest BCUT2D eigenvalue weighted by Gasteiger charge is 2.08. The molecule has 1 unspecified atom stereocenters. The Hall–Kier alpha value is -1.83. The van der Waals surface area contributed by atoms with Crippen LogP contribution in [0.4, 0.5) is 0 Å². The first-order chi connectivity index (χ1) is 13.1. The van der Waals surface area contributed by atoms with Gasteiger partial charge in [-0.3, -0.25) is 9.98 Å². The highest BCUT2D eigenvalue weighted by atomic mass is 127. The average molecular weight is 496 g/mol. The fourth-order valence-electron chi connectivity index (χ4n) is 2.57. The van der Waals surface area contributed by atoms with Gasteiger partial charge in [-0.05, 0) is 55.5 Å². The van der Waals surface area contributed by atoms with Crippen LogP contribution >= 0.6 is 24.0 Å². The molecule has 0 spiro atoms. The molecule has 2 aromatic rings. The summed E-state index contributed by atoms with van der Waals surface area (Å²) in [5.41, 5.74) is 2.40. The first-order valence-corrected chi connectivity index (χ1v) is 9.75. The molecular weight excluding hydrogens is 463 g/mol. The van der Waals surface area contributed by atoms with E-state index < -0.39 is 0 Å². The van der Waals surface area contributed by atoms with Crippen molar-refractivity contribution in [3.8, 4) is 5.75 Å². The molecule has 0 fully saturated rings. The summed E-state index contributed by atoms with van der Waals surface area (Å²) in [6.07, 6.45) is 4.56. The zero-order valence-corrected chi connectivity index (χ0v) is 19.6. The third-order valence-electron chi connectivity index (χ3n) is 4.05. The Balaban J connectivity index is 0.00000392. The second kappa shape index (κ2) is 13.4. The molecule has 0 saturated heterocycles.